The number of hydrogen-bond donors (Lipinski definition) is 3. The van der Waals surface area contributed by atoms with E-state index in [1.807, 2.05) is 0 Å². The number of methoxy groups -OCH3 is 1. The van der Waals surface area contributed by atoms with E-state index in [2.05, 4.69) is 15.4 Å². The van der Waals surface area contributed by atoms with E-state index in [0.717, 1.165) is 19.4 Å². The molecule has 1 amide bonds. The molecule has 0 saturated carbocycles. The maximum Gasteiger partial charge on any atom is 0.262 e. The van der Waals surface area contributed by atoms with Crippen molar-refractivity contribution in [2.45, 2.75) is 23.8 Å². The van der Waals surface area contributed by atoms with Crippen LogP contribution in [0.5, 0.6) is 5.75 Å². The number of hydrogen-bond acceptors (Lipinski definition) is 5. The molecule has 1 atom stereocenters. The van der Waals surface area contributed by atoms with Gasteiger partial charge in [-0.05, 0) is 49.7 Å². The number of ether oxygens (including phenoxy) is 1. The summed E-state index contributed by atoms with van der Waals surface area (Å²) in [6, 6.07) is 13.0. The normalized spacial score (nSPS) is 16.7. The second-order valence-electron chi connectivity index (χ2n) is 6.34. The summed E-state index contributed by atoms with van der Waals surface area (Å²) in [4.78, 5) is 12.4. The number of carbonyl (C=O) groups excluding carboxylic acids is 1. The Kier molecular flexibility index (Phi) is 5.98. The van der Waals surface area contributed by atoms with Crippen LogP contribution in [0, 0.1) is 0 Å². The van der Waals surface area contributed by atoms with E-state index in [1.165, 1.54) is 19.2 Å². The van der Waals surface area contributed by atoms with E-state index >= 15 is 0 Å². The first-order valence-electron chi connectivity index (χ1n) is 8.77. The zero-order valence-corrected chi connectivity index (χ0v) is 15.9. The van der Waals surface area contributed by atoms with E-state index < -0.39 is 10.0 Å². The first-order chi connectivity index (χ1) is 13.0. The first-order valence-corrected chi connectivity index (χ1v) is 10.3. The van der Waals surface area contributed by atoms with Crippen LogP contribution in [-0.2, 0) is 10.0 Å². The highest BCUT2D eigenvalue weighted by atomic mass is 32.2. The number of para-hydroxylation sites is 2. The van der Waals surface area contributed by atoms with E-state index in [4.69, 9.17) is 4.74 Å². The quantitative estimate of drug-likeness (QED) is 0.673. The number of sulfonamides is 1. The molecule has 1 unspecified atom stereocenters. The van der Waals surface area contributed by atoms with Crippen LogP contribution >= 0.6 is 0 Å². The summed E-state index contributed by atoms with van der Waals surface area (Å²) < 4.78 is 33.1. The minimum Gasteiger partial charge on any atom is -0.495 e. The van der Waals surface area contributed by atoms with Crippen molar-refractivity contribution in [3.8, 4) is 5.75 Å². The summed E-state index contributed by atoms with van der Waals surface area (Å²) in [5, 5.41) is 6.16. The van der Waals surface area contributed by atoms with Crippen molar-refractivity contribution in [2.75, 3.05) is 24.9 Å². The van der Waals surface area contributed by atoms with Crippen LogP contribution in [0.15, 0.2) is 53.4 Å². The molecule has 0 spiro atoms. The molecule has 27 heavy (non-hydrogen) atoms. The van der Waals surface area contributed by atoms with E-state index in [9.17, 15) is 13.2 Å². The molecular formula is C19H23N3O4S. The Morgan fingerprint density at radius 2 is 2.04 bits per heavy atom. The van der Waals surface area contributed by atoms with Crippen LogP contribution in [0.3, 0.4) is 0 Å². The third-order valence-electron chi connectivity index (χ3n) is 4.43. The van der Waals surface area contributed by atoms with Gasteiger partial charge < -0.3 is 15.4 Å². The number of carbonyl (C=O) groups is 1. The summed E-state index contributed by atoms with van der Waals surface area (Å²) in [6.45, 7) is 1.48. The summed E-state index contributed by atoms with van der Waals surface area (Å²) in [5.41, 5.74) is 0.637. The van der Waals surface area contributed by atoms with E-state index in [0.29, 0.717) is 23.5 Å². The molecule has 3 N–H and O–H groups in total. The lowest BCUT2D eigenvalue weighted by Gasteiger charge is -2.13. The smallest absolute Gasteiger partial charge is 0.262 e. The van der Waals surface area contributed by atoms with Gasteiger partial charge in [0.15, 0.2) is 0 Å². The molecule has 1 aliphatic rings. The molecule has 1 saturated heterocycles. The Morgan fingerprint density at radius 3 is 2.78 bits per heavy atom. The van der Waals surface area contributed by atoms with E-state index in [-0.39, 0.29) is 16.8 Å². The highest BCUT2D eigenvalue weighted by molar-refractivity contribution is 7.92. The van der Waals surface area contributed by atoms with Gasteiger partial charge in [0.25, 0.3) is 15.9 Å². The maximum atomic E-state index is 12.7. The predicted molar refractivity (Wildman–Crippen MR) is 104 cm³/mol. The number of anilines is 1. The van der Waals surface area contributed by atoms with Crippen molar-refractivity contribution in [1.29, 1.82) is 0 Å². The van der Waals surface area contributed by atoms with Gasteiger partial charge in [0.2, 0.25) is 0 Å². The molecule has 2 aromatic rings. The molecule has 3 rings (SSSR count). The van der Waals surface area contributed by atoms with Crippen molar-refractivity contribution >= 4 is 21.6 Å². The van der Waals surface area contributed by atoms with Crippen LogP contribution in [0.1, 0.15) is 23.2 Å². The molecule has 0 aromatic heterocycles. The molecule has 7 nitrogen and oxygen atoms in total. The number of benzene rings is 2. The molecular weight excluding hydrogens is 366 g/mol. The minimum absolute atomic E-state index is 0.0139. The van der Waals surface area contributed by atoms with E-state index in [1.54, 1.807) is 36.4 Å². The van der Waals surface area contributed by atoms with Crippen molar-refractivity contribution in [3.05, 3.63) is 54.1 Å². The van der Waals surface area contributed by atoms with Crippen molar-refractivity contribution < 1.29 is 17.9 Å². The Morgan fingerprint density at radius 1 is 1.22 bits per heavy atom. The van der Waals surface area contributed by atoms with Crippen molar-refractivity contribution in [2.24, 2.45) is 0 Å². The molecule has 1 fully saturated rings. The van der Waals surface area contributed by atoms with Gasteiger partial charge in [-0.3, -0.25) is 9.52 Å². The lowest BCUT2D eigenvalue weighted by Crippen LogP contribution is -2.37. The van der Waals surface area contributed by atoms with Gasteiger partial charge in [-0.1, -0.05) is 18.2 Å². The van der Waals surface area contributed by atoms with Crippen LogP contribution in [-0.4, -0.2) is 40.6 Å². The standard InChI is InChI=1S/C19H23N3O4S/c1-26-18-10-3-2-9-17(18)22-27(24,25)16-8-4-6-14(12-16)19(23)21-13-15-7-5-11-20-15/h2-4,6,8-10,12,15,20,22H,5,7,11,13H2,1H3,(H,21,23). The fraction of sp³-hybridized carbons (Fsp3) is 0.316. The zero-order valence-electron chi connectivity index (χ0n) is 15.1. The highest BCUT2D eigenvalue weighted by Crippen LogP contribution is 2.26. The SMILES string of the molecule is COc1ccccc1NS(=O)(=O)c1cccc(C(=O)NCC2CCCN2)c1. The van der Waals surface area contributed by atoms with Crippen molar-refractivity contribution in [3.63, 3.8) is 0 Å². The summed E-state index contributed by atoms with van der Waals surface area (Å²) in [6.07, 6.45) is 2.13. The van der Waals surface area contributed by atoms with Gasteiger partial charge >= 0.3 is 0 Å². The lowest BCUT2D eigenvalue weighted by atomic mass is 10.2. The van der Waals surface area contributed by atoms with Crippen molar-refractivity contribution in [1.82, 2.24) is 10.6 Å². The Labute approximate surface area is 159 Å². The van der Waals surface area contributed by atoms with Crippen LogP contribution in [0.25, 0.3) is 0 Å². The highest BCUT2D eigenvalue weighted by Gasteiger charge is 2.19. The van der Waals surface area contributed by atoms with Gasteiger partial charge in [0.05, 0.1) is 17.7 Å². The average Bonchev–Trinajstić information content (AvgIpc) is 3.20. The molecule has 2 aromatic carbocycles. The van der Waals surface area contributed by atoms with Gasteiger partial charge in [-0.15, -0.1) is 0 Å². The topological polar surface area (TPSA) is 96.5 Å². The van der Waals surface area contributed by atoms with Crippen LogP contribution in [0.4, 0.5) is 5.69 Å². The molecule has 1 aliphatic heterocycles. The summed E-state index contributed by atoms with van der Waals surface area (Å²) in [7, 11) is -2.39. The van der Waals surface area contributed by atoms with Gasteiger partial charge in [0, 0.05) is 18.2 Å². The third-order valence-corrected chi connectivity index (χ3v) is 5.79. The minimum atomic E-state index is -3.85. The summed E-state index contributed by atoms with van der Waals surface area (Å²) >= 11 is 0. The zero-order chi connectivity index (χ0) is 19.3. The molecule has 0 aliphatic carbocycles. The molecule has 0 bridgehead atoms. The maximum absolute atomic E-state index is 12.7. The Bertz CT molecular complexity index is 909. The predicted octanol–water partition coefficient (Wildman–Crippen LogP) is 1.98. The monoisotopic (exact) mass is 389 g/mol. The first kappa shape index (κ1) is 19.2. The number of amides is 1. The second kappa shape index (κ2) is 8.41. The average molecular weight is 389 g/mol. The summed E-state index contributed by atoms with van der Waals surface area (Å²) in [5.74, 6) is 0.122. The van der Waals surface area contributed by atoms with Gasteiger partial charge in [-0.25, -0.2) is 8.42 Å². The Hall–Kier alpha value is -2.58. The largest absolute Gasteiger partial charge is 0.495 e. The van der Waals surface area contributed by atoms with Crippen LogP contribution < -0.4 is 20.1 Å². The van der Waals surface area contributed by atoms with Crippen LogP contribution in [0.2, 0.25) is 0 Å². The Balaban J connectivity index is 1.74. The number of rotatable bonds is 7. The molecule has 144 valence electrons. The molecule has 1 heterocycles. The second-order valence-corrected chi connectivity index (χ2v) is 8.02. The van der Waals surface area contributed by atoms with Gasteiger partial charge in [-0.2, -0.15) is 0 Å². The van der Waals surface area contributed by atoms with Gasteiger partial charge in [0.1, 0.15) is 5.75 Å². The molecule has 8 heteroatoms. The fourth-order valence-corrected chi connectivity index (χ4v) is 4.10. The third kappa shape index (κ3) is 4.78. The lowest BCUT2D eigenvalue weighted by molar-refractivity contribution is 0.0950. The fourth-order valence-electron chi connectivity index (χ4n) is 2.99. The number of nitrogens with one attached hydrogen (secondary N) is 3. The molecule has 0 radical (unpaired) electrons.